The molecule has 0 unspecified atom stereocenters. The number of hydrogen-bond acceptors (Lipinski definition) is 1. The van der Waals surface area contributed by atoms with Crippen molar-refractivity contribution in [3.05, 3.63) is 132 Å². The second-order valence-corrected chi connectivity index (χ2v) is 12.8. The van der Waals surface area contributed by atoms with Crippen molar-refractivity contribution < 1.29 is 0 Å². The zero-order valence-electron chi connectivity index (χ0n) is 22.5. The molecule has 0 N–H and O–H groups in total. The Morgan fingerprint density at radius 2 is 1.05 bits per heavy atom. The van der Waals surface area contributed by atoms with E-state index in [1.165, 1.54) is 85.9 Å². The third-order valence-electron chi connectivity index (χ3n) is 9.25. The molecule has 0 nitrogen and oxygen atoms in total. The summed E-state index contributed by atoms with van der Waals surface area (Å²) in [5.74, 6) is 0. The summed E-state index contributed by atoms with van der Waals surface area (Å²) in [6.07, 6.45) is 0. The van der Waals surface area contributed by atoms with E-state index in [0.717, 1.165) is 0 Å². The highest BCUT2D eigenvalue weighted by Gasteiger charge is 2.35. The summed E-state index contributed by atoms with van der Waals surface area (Å²) < 4.78 is 2.71. The molecule has 1 aliphatic rings. The Balaban J connectivity index is 1.37. The van der Waals surface area contributed by atoms with Gasteiger partial charge >= 0.3 is 0 Å². The van der Waals surface area contributed by atoms with Gasteiger partial charge in [0.1, 0.15) is 0 Å². The molecule has 7 aromatic carbocycles. The lowest BCUT2D eigenvalue weighted by Gasteiger charge is -2.22. The van der Waals surface area contributed by atoms with Gasteiger partial charge in [-0.25, -0.2) is 0 Å². The molecule has 0 spiro atoms. The molecule has 0 atom stereocenters. The third kappa shape index (κ3) is 2.85. The van der Waals surface area contributed by atoms with E-state index in [0.29, 0.717) is 0 Å². The fraction of sp³-hybridized carbons (Fsp3) is 0.0769. The molecular weight excluding hydrogens is 500 g/mol. The van der Waals surface area contributed by atoms with Crippen LogP contribution in [0.5, 0.6) is 0 Å². The Labute approximate surface area is 237 Å². The highest BCUT2D eigenvalue weighted by atomic mass is 32.1. The van der Waals surface area contributed by atoms with Gasteiger partial charge in [-0.15, -0.1) is 11.3 Å². The Hall–Kier alpha value is -4.46. The van der Waals surface area contributed by atoms with Gasteiger partial charge in [0.05, 0.1) is 0 Å². The maximum absolute atomic E-state index is 2.49. The molecule has 188 valence electrons. The number of thiophene rings is 1. The molecule has 0 amide bonds. The first kappa shape index (κ1) is 22.4. The van der Waals surface area contributed by atoms with Gasteiger partial charge in [0.25, 0.3) is 0 Å². The van der Waals surface area contributed by atoms with Crippen LogP contribution in [0.15, 0.2) is 121 Å². The Morgan fingerprint density at radius 3 is 1.90 bits per heavy atom. The molecular formula is C39H26S. The first-order chi connectivity index (χ1) is 19.6. The summed E-state index contributed by atoms with van der Waals surface area (Å²) >= 11 is 1.90. The molecule has 1 aliphatic carbocycles. The van der Waals surface area contributed by atoms with Crippen molar-refractivity contribution in [2.75, 3.05) is 0 Å². The second kappa shape index (κ2) is 7.81. The molecule has 0 aliphatic heterocycles. The predicted molar refractivity (Wildman–Crippen MR) is 175 cm³/mol. The van der Waals surface area contributed by atoms with Gasteiger partial charge in [-0.1, -0.05) is 111 Å². The topological polar surface area (TPSA) is 0 Å². The average molecular weight is 527 g/mol. The van der Waals surface area contributed by atoms with Gasteiger partial charge in [0, 0.05) is 25.6 Å². The first-order valence-electron chi connectivity index (χ1n) is 14.0. The van der Waals surface area contributed by atoms with Gasteiger partial charge in [0.2, 0.25) is 0 Å². The summed E-state index contributed by atoms with van der Waals surface area (Å²) in [5.41, 5.74) is 8.18. The van der Waals surface area contributed by atoms with Crippen LogP contribution in [0, 0.1) is 0 Å². The first-order valence-corrected chi connectivity index (χ1v) is 14.8. The molecule has 1 heterocycles. The van der Waals surface area contributed by atoms with Crippen molar-refractivity contribution in [1.29, 1.82) is 0 Å². The molecule has 0 fully saturated rings. The van der Waals surface area contributed by atoms with E-state index >= 15 is 0 Å². The van der Waals surface area contributed by atoms with Crippen LogP contribution in [0.4, 0.5) is 0 Å². The van der Waals surface area contributed by atoms with E-state index < -0.39 is 0 Å². The van der Waals surface area contributed by atoms with Crippen molar-refractivity contribution in [1.82, 2.24) is 0 Å². The van der Waals surface area contributed by atoms with E-state index in [-0.39, 0.29) is 5.41 Å². The van der Waals surface area contributed by atoms with E-state index in [1.807, 2.05) is 11.3 Å². The maximum Gasteiger partial charge on any atom is 0.0433 e. The second-order valence-electron chi connectivity index (χ2n) is 11.7. The SMILES string of the molecule is CC1(C)c2ccccc2-c2cc3c4ccccc4c4cc(-c5cccc6c5sc5ccccc56)ccc4c3cc21. The van der Waals surface area contributed by atoms with Crippen LogP contribution in [-0.4, -0.2) is 0 Å². The molecule has 0 saturated heterocycles. The Bertz CT molecular complexity index is 2350. The Kier molecular flexibility index (Phi) is 4.37. The standard InChI is InChI=1S/C39H26S/c1-39(2)35-16-7-5-12-28(35)34-21-32-26-11-4-3-10-25(26)31-20-23(18-19-27(31)33(32)22-36(34)39)24-14-9-15-30-29-13-6-8-17-37(29)40-38(24)30/h3-22H,1-2H3. The van der Waals surface area contributed by atoms with Gasteiger partial charge in [-0.05, 0) is 90.0 Å². The van der Waals surface area contributed by atoms with Gasteiger partial charge in [-0.2, -0.15) is 0 Å². The summed E-state index contributed by atoms with van der Waals surface area (Å²) in [4.78, 5) is 0. The van der Waals surface area contributed by atoms with E-state index in [9.17, 15) is 0 Å². The van der Waals surface area contributed by atoms with Crippen molar-refractivity contribution in [3.8, 4) is 22.3 Å². The van der Waals surface area contributed by atoms with Gasteiger partial charge < -0.3 is 0 Å². The van der Waals surface area contributed by atoms with E-state index in [4.69, 9.17) is 0 Å². The normalized spacial score (nSPS) is 13.9. The summed E-state index contributed by atoms with van der Waals surface area (Å²) in [6, 6.07) is 45.5. The maximum atomic E-state index is 2.49. The fourth-order valence-electron chi connectivity index (χ4n) is 7.29. The molecule has 9 rings (SSSR count). The average Bonchev–Trinajstić information content (AvgIpc) is 3.49. The molecule has 40 heavy (non-hydrogen) atoms. The van der Waals surface area contributed by atoms with Crippen LogP contribution in [0.25, 0.3) is 74.7 Å². The number of hydrogen-bond donors (Lipinski definition) is 0. The quantitative estimate of drug-likeness (QED) is 0.187. The van der Waals surface area contributed by atoms with Crippen molar-refractivity contribution in [2.24, 2.45) is 0 Å². The smallest absolute Gasteiger partial charge is 0.0433 e. The highest BCUT2D eigenvalue weighted by Crippen LogP contribution is 2.51. The number of rotatable bonds is 1. The Morgan fingerprint density at radius 1 is 0.425 bits per heavy atom. The lowest BCUT2D eigenvalue weighted by molar-refractivity contribution is 0.661. The summed E-state index contributed by atoms with van der Waals surface area (Å²) in [7, 11) is 0. The largest absolute Gasteiger partial charge is 0.135 e. The zero-order valence-corrected chi connectivity index (χ0v) is 23.3. The molecule has 0 saturated carbocycles. The van der Waals surface area contributed by atoms with Crippen LogP contribution in [0.3, 0.4) is 0 Å². The molecule has 0 bridgehead atoms. The molecule has 1 heteroatoms. The van der Waals surface area contributed by atoms with Crippen LogP contribution >= 0.6 is 11.3 Å². The lowest BCUT2D eigenvalue weighted by Crippen LogP contribution is -2.14. The summed E-state index contributed by atoms with van der Waals surface area (Å²) in [5, 5.41) is 10.7. The number of benzene rings is 7. The van der Waals surface area contributed by atoms with Crippen LogP contribution in [0.2, 0.25) is 0 Å². The predicted octanol–water partition coefficient (Wildman–Crippen LogP) is 11.5. The van der Waals surface area contributed by atoms with Crippen LogP contribution < -0.4 is 0 Å². The fourth-order valence-corrected chi connectivity index (χ4v) is 8.53. The highest BCUT2D eigenvalue weighted by molar-refractivity contribution is 7.26. The van der Waals surface area contributed by atoms with Gasteiger partial charge in [-0.3, -0.25) is 0 Å². The monoisotopic (exact) mass is 526 g/mol. The lowest BCUT2D eigenvalue weighted by atomic mass is 9.81. The molecule has 8 aromatic rings. The summed E-state index contributed by atoms with van der Waals surface area (Å²) in [6.45, 7) is 4.74. The number of fused-ring (bicyclic) bond motifs is 12. The third-order valence-corrected chi connectivity index (χ3v) is 10.5. The molecule has 1 aromatic heterocycles. The van der Waals surface area contributed by atoms with Gasteiger partial charge in [0.15, 0.2) is 0 Å². The molecule has 0 radical (unpaired) electrons. The van der Waals surface area contributed by atoms with E-state index in [1.54, 1.807) is 0 Å². The minimum atomic E-state index is -0.0190. The van der Waals surface area contributed by atoms with Crippen LogP contribution in [0.1, 0.15) is 25.0 Å². The van der Waals surface area contributed by atoms with Crippen LogP contribution in [-0.2, 0) is 5.41 Å². The van der Waals surface area contributed by atoms with Crippen molar-refractivity contribution >= 4 is 63.8 Å². The zero-order chi connectivity index (χ0) is 26.6. The minimum absolute atomic E-state index is 0.0190. The van der Waals surface area contributed by atoms with E-state index in [2.05, 4.69) is 135 Å². The minimum Gasteiger partial charge on any atom is -0.135 e. The van der Waals surface area contributed by atoms with Crippen molar-refractivity contribution in [2.45, 2.75) is 19.3 Å². The van der Waals surface area contributed by atoms with Crippen molar-refractivity contribution in [3.63, 3.8) is 0 Å².